The van der Waals surface area contributed by atoms with E-state index >= 15 is 0 Å². The normalized spacial score (nSPS) is 13.2. The molecule has 0 amide bonds. The molecule has 0 radical (unpaired) electrons. The summed E-state index contributed by atoms with van der Waals surface area (Å²) >= 11 is 0. The van der Waals surface area contributed by atoms with Gasteiger partial charge in [-0.05, 0) is 36.2 Å². The Hall–Kier alpha value is -2.00. The van der Waals surface area contributed by atoms with Crippen LogP contribution in [0.1, 0.15) is 15.2 Å². The summed E-state index contributed by atoms with van der Waals surface area (Å²) in [5.74, 6) is 0.758. The van der Waals surface area contributed by atoms with Crippen LogP contribution in [0.4, 0.5) is 0 Å². The third kappa shape index (κ3) is 4.00. The second-order valence-electron chi connectivity index (χ2n) is 3.98. The minimum Gasteiger partial charge on any atom is -0.489 e. The molecule has 0 unspecified atom stereocenters. The van der Waals surface area contributed by atoms with E-state index in [2.05, 4.69) is 0 Å². The fourth-order valence-corrected chi connectivity index (χ4v) is 1.59. The predicted molar refractivity (Wildman–Crippen MR) is 74.5 cm³/mol. The molecule has 3 heteroatoms. The van der Waals surface area contributed by atoms with Gasteiger partial charge >= 0.3 is 0 Å². The average Bonchev–Trinajstić information content (AvgIpc) is 2.51. The Bertz CT molecular complexity index is 597. The van der Waals surface area contributed by atoms with E-state index in [1.54, 1.807) is 12.1 Å². The first-order chi connectivity index (χ1) is 10.5. The second-order valence-corrected chi connectivity index (χ2v) is 3.98. The summed E-state index contributed by atoms with van der Waals surface area (Å²) < 4.78 is 38.6. The van der Waals surface area contributed by atoms with Gasteiger partial charge in [-0.1, -0.05) is 30.3 Å². The van der Waals surface area contributed by atoms with Gasteiger partial charge in [0.2, 0.25) is 0 Å². The van der Waals surface area contributed by atoms with Gasteiger partial charge < -0.3 is 14.2 Å². The molecule has 3 nitrogen and oxygen atoms in total. The molecule has 2 aromatic rings. The van der Waals surface area contributed by atoms with Crippen molar-refractivity contribution in [3.05, 3.63) is 59.7 Å². The highest BCUT2D eigenvalue weighted by Gasteiger charge is 2.02. The summed E-state index contributed by atoms with van der Waals surface area (Å²) in [5, 5.41) is 0. The lowest BCUT2D eigenvalue weighted by atomic mass is 10.2. The van der Waals surface area contributed by atoms with Crippen molar-refractivity contribution in [2.75, 3.05) is 13.9 Å². The molecule has 0 aliphatic rings. The Balaban J connectivity index is 2.15. The van der Waals surface area contributed by atoms with E-state index in [9.17, 15) is 0 Å². The molecule has 0 bridgehead atoms. The molecule has 100 valence electrons. The maximum Gasteiger partial charge on any atom is 0.188 e. The zero-order valence-corrected chi connectivity index (χ0v) is 10.8. The smallest absolute Gasteiger partial charge is 0.188 e. The van der Waals surface area contributed by atoms with Crippen LogP contribution in [0.3, 0.4) is 0 Å². The Morgan fingerprint density at radius 3 is 2.63 bits per heavy atom. The van der Waals surface area contributed by atoms with Crippen LogP contribution in [0, 0.1) is 6.85 Å². The van der Waals surface area contributed by atoms with Gasteiger partial charge in [0.25, 0.3) is 0 Å². The number of aryl methyl sites for hydroxylation is 1. The molecule has 19 heavy (non-hydrogen) atoms. The van der Waals surface area contributed by atoms with Gasteiger partial charge in [0.1, 0.15) is 18.1 Å². The van der Waals surface area contributed by atoms with Gasteiger partial charge in [0.15, 0.2) is 6.79 Å². The van der Waals surface area contributed by atoms with Crippen molar-refractivity contribution in [1.29, 1.82) is 0 Å². The average molecular weight is 261 g/mol. The van der Waals surface area contributed by atoms with Gasteiger partial charge in [-0.15, -0.1) is 0 Å². The van der Waals surface area contributed by atoms with Crippen LogP contribution in [0.15, 0.2) is 48.5 Å². The summed E-state index contributed by atoms with van der Waals surface area (Å²) in [6, 6.07) is 14.4. The topological polar surface area (TPSA) is 27.7 Å². The Kier molecular flexibility index (Phi) is 3.53. The highest BCUT2D eigenvalue weighted by atomic mass is 16.7. The summed E-state index contributed by atoms with van der Waals surface area (Å²) in [7, 11) is 1.48. The molecule has 0 spiro atoms. The summed E-state index contributed by atoms with van der Waals surface area (Å²) in [4.78, 5) is 0. The van der Waals surface area contributed by atoms with Crippen LogP contribution >= 0.6 is 0 Å². The standard InChI is InChI=1S/C16H18O3/c1-13-10-15(8-9-16(13)19-12-17-2)18-11-14-6-4-3-5-7-14/h3-10H,11-12H2,1-2H3/i1D3. The first-order valence-electron chi connectivity index (χ1n) is 7.43. The highest BCUT2D eigenvalue weighted by Crippen LogP contribution is 2.24. The Morgan fingerprint density at radius 2 is 1.89 bits per heavy atom. The zero-order valence-electron chi connectivity index (χ0n) is 13.8. The van der Waals surface area contributed by atoms with Crippen LogP contribution in [0.5, 0.6) is 11.5 Å². The van der Waals surface area contributed by atoms with Gasteiger partial charge in [0, 0.05) is 11.2 Å². The SMILES string of the molecule is [2H]C([2H])([2H])c1cc(OCc2ccccc2)ccc1OCOC. The number of hydrogen-bond acceptors (Lipinski definition) is 3. The molecule has 0 aliphatic heterocycles. The quantitative estimate of drug-likeness (QED) is 0.744. The van der Waals surface area contributed by atoms with Crippen LogP contribution in [0.2, 0.25) is 0 Å². The minimum atomic E-state index is -2.28. The fraction of sp³-hybridized carbons (Fsp3) is 0.250. The fourth-order valence-electron chi connectivity index (χ4n) is 1.59. The van der Waals surface area contributed by atoms with Crippen molar-refractivity contribution in [2.45, 2.75) is 13.5 Å². The molecule has 0 aliphatic carbocycles. The largest absolute Gasteiger partial charge is 0.489 e. The van der Waals surface area contributed by atoms with E-state index in [0.717, 1.165) is 5.56 Å². The van der Waals surface area contributed by atoms with E-state index in [0.29, 0.717) is 12.4 Å². The molecular formula is C16H18O3. The van der Waals surface area contributed by atoms with Crippen LogP contribution in [-0.4, -0.2) is 13.9 Å². The molecule has 0 aromatic heterocycles. The number of rotatable bonds is 6. The summed E-state index contributed by atoms with van der Waals surface area (Å²) in [6.45, 7) is -1.91. The first kappa shape index (κ1) is 9.87. The number of ether oxygens (including phenoxy) is 3. The second kappa shape index (κ2) is 6.81. The van der Waals surface area contributed by atoms with Crippen LogP contribution < -0.4 is 9.47 Å². The van der Waals surface area contributed by atoms with Gasteiger partial charge in [-0.3, -0.25) is 0 Å². The number of hydrogen-bond donors (Lipinski definition) is 0. The van der Waals surface area contributed by atoms with E-state index < -0.39 is 6.85 Å². The number of benzene rings is 2. The van der Waals surface area contributed by atoms with Crippen molar-refractivity contribution >= 4 is 0 Å². The van der Waals surface area contributed by atoms with Crippen molar-refractivity contribution in [3.8, 4) is 11.5 Å². The monoisotopic (exact) mass is 261 g/mol. The zero-order chi connectivity index (χ0) is 16.0. The summed E-state index contributed by atoms with van der Waals surface area (Å²) in [5.41, 5.74) is 1.12. The lowest BCUT2D eigenvalue weighted by Gasteiger charge is -2.11. The molecule has 0 N–H and O–H groups in total. The van der Waals surface area contributed by atoms with Gasteiger partial charge in [-0.25, -0.2) is 0 Å². The van der Waals surface area contributed by atoms with E-state index in [1.165, 1.54) is 13.2 Å². The van der Waals surface area contributed by atoms with Gasteiger partial charge in [0.05, 0.1) is 0 Å². The Labute approximate surface area is 118 Å². The highest BCUT2D eigenvalue weighted by molar-refractivity contribution is 5.39. The summed E-state index contributed by atoms with van der Waals surface area (Å²) in [6.07, 6.45) is 0. The predicted octanol–water partition coefficient (Wildman–Crippen LogP) is 3.56. The molecule has 0 saturated carbocycles. The maximum absolute atomic E-state index is 7.60. The third-order valence-electron chi connectivity index (χ3n) is 2.53. The van der Waals surface area contributed by atoms with Crippen molar-refractivity contribution in [1.82, 2.24) is 0 Å². The van der Waals surface area contributed by atoms with Crippen LogP contribution in [0.25, 0.3) is 0 Å². The van der Waals surface area contributed by atoms with Crippen molar-refractivity contribution in [3.63, 3.8) is 0 Å². The molecule has 0 saturated heterocycles. The molecular weight excluding hydrogens is 240 g/mol. The van der Waals surface area contributed by atoms with Crippen LogP contribution in [-0.2, 0) is 11.3 Å². The minimum absolute atomic E-state index is 0.00665. The van der Waals surface area contributed by atoms with E-state index in [-0.39, 0.29) is 18.1 Å². The maximum atomic E-state index is 7.60. The lowest BCUT2D eigenvalue weighted by molar-refractivity contribution is 0.0506. The first-order valence-corrected chi connectivity index (χ1v) is 5.93. The molecule has 2 aromatic carbocycles. The van der Waals surface area contributed by atoms with Crippen molar-refractivity contribution in [2.24, 2.45) is 0 Å². The van der Waals surface area contributed by atoms with E-state index in [1.807, 2.05) is 30.3 Å². The molecule has 2 rings (SSSR count). The number of methoxy groups -OCH3 is 1. The third-order valence-corrected chi connectivity index (χ3v) is 2.53. The van der Waals surface area contributed by atoms with Crippen molar-refractivity contribution < 1.29 is 18.3 Å². The van der Waals surface area contributed by atoms with E-state index in [4.69, 9.17) is 18.3 Å². The van der Waals surface area contributed by atoms with Gasteiger partial charge in [-0.2, -0.15) is 0 Å². The lowest BCUT2D eigenvalue weighted by Crippen LogP contribution is -2.01. The molecule has 0 heterocycles. The molecule has 0 fully saturated rings. The molecule has 0 atom stereocenters. The Morgan fingerprint density at radius 1 is 1.05 bits per heavy atom.